The number of imidazole rings is 1. The number of aryl methyl sites for hydroxylation is 1. The van der Waals surface area contributed by atoms with E-state index in [-0.39, 0.29) is 0 Å². The first kappa shape index (κ1) is 12.5. The molecule has 0 saturated carbocycles. The zero-order valence-electron chi connectivity index (χ0n) is 10.6. The fourth-order valence-corrected chi connectivity index (χ4v) is 2.45. The van der Waals surface area contributed by atoms with E-state index in [1.807, 2.05) is 6.92 Å². The zero-order chi connectivity index (χ0) is 12.4. The zero-order valence-corrected chi connectivity index (χ0v) is 11.5. The highest BCUT2D eigenvalue weighted by molar-refractivity contribution is 7.80. The molecule has 0 radical (unpaired) electrons. The van der Waals surface area contributed by atoms with Crippen molar-refractivity contribution in [2.45, 2.75) is 19.4 Å². The third-order valence-electron chi connectivity index (χ3n) is 3.03. The minimum atomic E-state index is 0.417. The number of rotatable bonds is 4. The lowest BCUT2D eigenvalue weighted by Crippen LogP contribution is -2.20. The third-order valence-corrected chi connectivity index (χ3v) is 3.29. The summed E-state index contributed by atoms with van der Waals surface area (Å²) in [4.78, 5) is 9.94. The van der Waals surface area contributed by atoms with Gasteiger partial charge in [-0.05, 0) is 50.9 Å². The van der Waals surface area contributed by atoms with E-state index in [1.54, 1.807) is 0 Å². The number of hydrogen-bond donors (Lipinski definition) is 2. The first-order valence-corrected chi connectivity index (χ1v) is 6.48. The second-order valence-electron chi connectivity index (χ2n) is 4.59. The Morgan fingerprint density at radius 1 is 1.41 bits per heavy atom. The van der Waals surface area contributed by atoms with Gasteiger partial charge >= 0.3 is 0 Å². The van der Waals surface area contributed by atoms with E-state index in [1.165, 1.54) is 5.56 Å². The molecule has 0 spiro atoms. The van der Waals surface area contributed by atoms with Crippen molar-refractivity contribution in [2.75, 3.05) is 19.8 Å². The number of nitrogens with zero attached hydrogens (tertiary/aromatic N) is 2. The molecule has 17 heavy (non-hydrogen) atoms. The van der Waals surface area contributed by atoms with Gasteiger partial charge in [0.2, 0.25) is 0 Å². The maximum Gasteiger partial charge on any atom is 0.104 e. The lowest BCUT2D eigenvalue weighted by atomic mass is 10.0. The molecule has 0 bridgehead atoms. The van der Waals surface area contributed by atoms with E-state index in [4.69, 9.17) is 0 Å². The highest BCUT2D eigenvalue weighted by Gasteiger charge is 2.14. The summed E-state index contributed by atoms with van der Waals surface area (Å²) in [6, 6.07) is 6.86. The molecule has 1 aromatic heterocycles. The van der Waals surface area contributed by atoms with Crippen LogP contribution in [0.1, 0.15) is 23.9 Å². The maximum absolute atomic E-state index is 4.42. The number of H-pyrrole nitrogens is 1. The summed E-state index contributed by atoms with van der Waals surface area (Å²) >= 11 is 4.34. The van der Waals surface area contributed by atoms with Gasteiger partial charge in [0.25, 0.3) is 0 Å². The van der Waals surface area contributed by atoms with Crippen LogP contribution in [0.2, 0.25) is 0 Å². The molecule has 0 aliphatic carbocycles. The Bertz CT molecular complexity index is 504. The van der Waals surface area contributed by atoms with Crippen molar-refractivity contribution in [3.8, 4) is 0 Å². The lowest BCUT2D eigenvalue weighted by Gasteiger charge is -2.24. The topological polar surface area (TPSA) is 31.9 Å². The van der Waals surface area contributed by atoms with Crippen LogP contribution < -0.4 is 0 Å². The van der Waals surface area contributed by atoms with Gasteiger partial charge < -0.3 is 9.88 Å². The molecule has 2 aromatic rings. The number of benzene rings is 1. The average molecular weight is 249 g/mol. The van der Waals surface area contributed by atoms with Crippen LogP contribution in [0.25, 0.3) is 11.0 Å². The first-order chi connectivity index (χ1) is 8.11. The van der Waals surface area contributed by atoms with Gasteiger partial charge in [0, 0.05) is 6.04 Å². The molecule has 4 heteroatoms. The average Bonchev–Trinajstić information content (AvgIpc) is 2.64. The highest BCUT2D eigenvalue weighted by Crippen LogP contribution is 2.25. The van der Waals surface area contributed by atoms with Crippen LogP contribution in [0.5, 0.6) is 0 Å². The molecule has 0 aliphatic heterocycles. The van der Waals surface area contributed by atoms with Crippen molar-refractivity contribution in [1.29, 1.82) is 0 Å². The highest BCUT2D eigenvalue weighted by atomic mass is 32.1. The van der Waals surface area contributed by atoms with Gasteiger partial charge in [-0.1, -0.05) is 6.07 Å². The van der Waals surface area contributed by atoms with Crippen molar-refractivity contribution >= 4 is 23.7 Å². The summed E-state index contributed by atoms with van der Waals surface area (Å²) < 4.78 is 0. The normalized spacial score (nSPS) is 13.5. The molecule has 1 atom stereocenters. The molecule has 1 N–H and O–H groups in total. The van der Waals surface area contributed by atoms with Gasteiger partial charge in [-0.3, -0.25) is 0 Å². The Labute approximate surface area is 108 Å². The monoisotopic (exact) mass is 249 g/mol. The van der Waals surface area contributed by atoms with E-state index in [0.29, 0.717) is 6.04 Å². The van der Waals surface area contributed by atoms with Crippen LogP contribution in [0, 0.1) is 6.92 Å². The molecular formula is C13H19N3S. The van der Waals surface area contributed by atoms with Gasteiger partial charge in [-0.25, -0.2) is 4.98 Å². The summed E-state index contributed by atoms with van der Waals surface area (Å²) in [5.74, 6) is 1.86. The van der Waals surface area contributed by atoms with Crippen LogP contribution in [0.3, 0.4) is 0 Å². The number of fused-ring (bicyclic) bond motifs is 1. The molecule has 1 unspecified atom stereocenters. The molecule has 0 fully saturated rings. The minimum absolute atomic E-state index is 0.417. The number of aromatic nitrogens is 2. The summed E-state index contributed by atoms with van der Waals surface area (Å²) in [7, 11) is 4.22. The lowest BCUT2D eigenvalue weighted by molar-refractivity contribution is 0.294. The molecule has 1 heterocycles. The summed E-state index contributed by atoms with van der Waals surface area (Å²) in [5, 5.41) is 0. The van der Waals surface area contributed by atoms with Gasteiger partial charge in [-0.2, -0.15) is 12.6 Å². The largest absolute Gasteiger partial charge is 0.342 e. The molecule has 2 rings (SSSR count). The quantitative estimate of drug-likeness (QED) is 0.817. The van der Waals surface area contributed by atoms with E-state index in [9.17, 15) is 0 Å². The third kappa shape index (κ3) is 2.64. The molecule has 3 nitrogen and oxygen atoms in total. The number of nitrogens with one attached hydrogen (secondary N) is 1. The van der Waals surface area contributed by atoms with Gasteiger partial charge in [0.1, 0.15) is 5.82 Å². The molecule has 0 saturated heterocycles. The van der Waals surface area contributed by atoms with Crippen molar-refractivity contribution in [1.82, 2.24) is 14.9 Å². The van der Waals surface area contributed by atoms with Crippen LogP contribution >= 0.6 is 12.6 Å². The molecule has 0 amide bonds. The second kappa shape index (κ2) is 5.10. The van der Waals surface area contributed by atoms with Crippen LogP contribution in [-0.4, -0.2) is 34.7 Å². The van der Waals surface area contributed by atoms with Gasteiger partial charge in [0.15, 0.2) is 0 Å². The molecule has 0 aliphatic rings. The standard InChI is InChI=1S/C13H19N3S/c1-9-14-11-5-4-10(8-12(11)15-9)13(6-7-17)16(2)3/h4-5,8,13,17H,6-7H2,1-3H3,(H,14,15). The fourth-order valence-electron chi connectivity index (χ4n) is 2.21. The Morgan fingerprint density at radius 2 is 2.18 bits per heavy atom. The summed E-state index contributed by atoms with van der Waals surface area (Å²) in [5.41, 5.74) is 3.47. The number of thiol groups is 1. The summed E-state index contributed by atoms with van der Waals surface area (Å²) in [6.07, 6.45) is 1.05. The Morgan fingerprint density at radius 3 is 2.82 bits per heavy atom. The smallest absolute Gasteiger partial charge is 0.104 e. The van der Waals surface area contributed by atoms with E-state index in [2.05, 4.69) is 59.8 Å². The van der Waals surface area contributed by atoms with Crippen molar-refractivity contribution in [3.63, 3.8) is 0 Å². The predicted molar refractivity (Wildman–Crippen MR) is 75.7 cm³/mol. The predicted octanol–water partition coefficient (Wildman–Crippen LogP) is 2.79. The van der Waals surface area contributed by atoms with Crippen LogP contribution in [0.15, 0.2) is 18.2 Å². The van der Waals surface area contributed by atoms with Crippen LogP contribution in [-0.2, 0) is 0 Å². The van der Waals surface area contributed by atoms with E-state index in [0.717, 1.165) is 29.0 Å². The second-order valence-corrected chi connectivity index (χ2v) is 5.04. The molecule has 1 aromatic carbocycles. The molecule has 92 valence electrons. The fraction of sp³-hybridized carbons (Fsp3) is 0.462. The van der Waals surface area contributed by atoms with Gasteiger partial charge in [-0.15, -0.1) is 0 Å². The SMILES string of the molecule is Cc1nc2ccc(C(CCS)N(C)C)cc2[nH]1. The van der Waals surface area contributed by atoms with Crippen molar-refractivity contribution in [2.24, 2.45) is 0 Å². The van der Waals surface area contributed by atoms with Gasteiger partial charge in [0.05, 0.1) is 11.0 Å². The maximum atomic E-state index is 4.42. The number of aromatic amines is 1. The van der Waals surface area contributed by atoms with Crippen LogP contribution in [0.4, 0.5) is 0 Å². The molecular weight excluding hydrogens is 230 g/mol. The van der Waals surface area contributed by atoms with E-state index >= 15 is 0 Å². The summed E-state index contributed by atoms with van der Waals surface area (Å²) in [6.45, 7) is 1.98. The Balaban J connectivity index is 2.39. The Hall–Kier alpha value is -1.00. The minimum Gasteiger partial charge on any atom is -0.342 e. The first-order valence-electron chi connectivity index (χ1n) is 5.85. The van der Waals surface area contributed by atoms with Crippen molar-refractivity contribution < 1.29 is 0 Å². The Kier molecular flexibility index (Phi) is 3.74. The van der Waals surface area contributed by atoms with Crippen molar-refractivity contribution in [3.05, 3.63) is 29.6 Å². The van der Waals surface area contributed by atoms with E-state index < -0.39 is 0 Å². The number of hydrogen-bond acceptors (Lipinski definition) is 3.